The number of nitrogens with one attached hydrogen (secondary N) is 3. The predicted molar refractivity (Wildman–Crippen MR) is 72.0 cm³/mol. The fourth-order valence-electron chi connectivity index (χ4n) is 1.56. The Morgan fingerprint density at radius 3 is 2.70 bits per heavy atom. The second-order valence-corrected chi connectivity index (χ2v) is 5.46. The molecule has 0 atom stereocenters. The van der Waals surface area contributed by atoms with Gasteiger partial charge in [-0.25, -0.2) is 8.42 Å². The largest absolute Gasteiger partial charge is 0.383 e. The van der Waals surface area contributed by atoms with E-state index in [0.29, 0.717) is 0 Å². The molecule has 0 spiro atoms. The molecule has 10 heteroatoms. The van der Waals surface area contributed by atoms with Crippen molar-refractivity contribution < 1.29 is 13.3 Å². The molecular formula is C10H11N5O4S. The summed E-state index contributed by atoms with van der Waals surface area (Å²) >= 11 is 0. The van der Waals surface area contributed by atoms with Gasteiger partial charge in [0.05, 0.1) is 21.7 Å². The first kappa shape index (κ1) is 13.8. The van der Waals surface area contributed by atoms with E-state index in [0.717, 1.165) is 6.07 Å². The van der Waals surface area contributed by atoms with Crippen LogP contribution in [0.4, 0.5) is 17.1 Å². The molecule has 0 radical (unpaired) electrons. The Hall–Kier alpha value is -2.62. The molecule has 1 heterocycles. The van der Waals surface area contributed by atoms with Crippen molar-refractivity contribution in [2.75, 3.05) is 17.1 Å². The fourth-order valence-corrected chi connectivity index (χ4v) is 2.62. The van der Waals surface area contributed by atoms with Gasteiger partial charge in [0, 0.05) is 19.3 Å². The molecule has 106 valence electrons. The number of aromatic amines is 1. The topological polar surface area (TPSA) is 130 Å². The van der Waals surface area contributed by atoms with Crippen molar-refractivity contribution in [3.63, 3.8) is 0 Å². The highest BCUT2D eigenvalue weighted by atomic mass is 32.2. The van der Waals surface area contributed by atoms with Gasteiger partial charge in [0.25, 0.3) is 15.7 Å². The maximum absolute atomic E-state index is 12.1. The zero-order valence-electron chi connectivity index (χ0n) is 10.3. The van der Waals surface area contributed by atoms with Gasteiger partial charge in [-0.05, 0) is 12.1 Å². The highest BCUT2D eigenvalue weighted by Crippen LogP contribution is 2.27. The van der Waals surface area contributed by atoms with Crippen molar-refractivity contribution in [1.82, 2.24) is 10.2 Å². The van der Waals surface area contributed by atoms with E-state index in [9.17, 15) is 18.5 Å². The van der Waals surface area contributed by atoms with Crippen molar-refractivity contribution >= 4 is 27.1 Å². The lowest BCUT2D eigenvalue weighted by Gasteiger charge is -2.08. The van der Waals surface area contributed by atoms with E-state index in [4.69, 9.17) is 0 Å². The summed E-state index contributed by atoms with van der Waals surface area (Å²) in [5.41, 5.74) is 0.189. The number of nitrogens with zero attached hydrogens (tertiary/aromatic N) is 2. The Bertz CT molecular complexity index is 726. The summed E-state index contributed by atoms with van der Waals surface area (Å²) in [6, 6.07) is 3.50. The fraction of sp³-hybridized carbons (Fsp3) is 0.100. The third-order valence-electron chi connectivity index (χ3n) is 2.49. The lowest BCUT2D eigenvalue weighted by Crippen LogP contribution is -2.13. The molecule has 2 rings (SSSR count). The third kappa shape index (κ3) is 2.69. The maximum Gasteiger partial charge on any atom is 0.292 e. The molecule has 0 fully saturated rings. The quantitative estimate of drug-likeness (QED) is 0.560. The number of nitro groups is 1. The first-order valence-corrected chi connectivity index (χ1v) is 6.90. The lowest BCUT2D eigenvalue weighted by molar-refractivity contribution is -0.384. The van der Waals surface area contributed by atoms with Gasteiger partial charge in [-0.2, -0.15) is 5.10 Å². The highest BCUT2D eigenvalue weighted by Gasteiger charge is 2.20. The SMILES string of the molecule is CNc1cc(S(=O)(=O)Nc2cn[nH]c2)ccc1[N+](=O)[O-]. The molecule has 0 amide bonds. The van der Waals surface area contributed by atoms with Crippen molar-refractivity contribution in [2.24, 2.45) is 0 Å². The van der Waals surface area contributed by atoms with Crippen molar-refractivity contribution in [1.29, 1.82) is 0 Å². The Labute approximate surface area is 114 Å². The highest BCUT2D eigenvalue weighted by molar-refractivity contribution is 7.92. The number of sulfonamides is 1. The number of hydrogen-bond acceptors (Lipinski definition) is 6. The number of H-pyrrole nitrogens is 1. The van der Waals surface area contributed by atoms with Crippen LogP contribution in [0.25, 0.3) is 0 Å². The molecule has 0 aliphatic carbocycles. The van der Waals surface area contributed by atoms with Gasteiger partial charge in [-0.1, -0.05) is 0 Å². The summed E-state index contributed by atoms with van der Waals surface area (Å²) in [5, 5.41) is 19.5. The smallest absolute Gasteiger partial charge is 0.292 e. The molecule has 3 N–H and O–H groups in total. The maximum atomic E-state index is 12.1. The predicted octanol–water partition coefficient (Wildman–Crippen LogP) is 1.16. The molecule has 20 heavy (non-hydrogen) atoms. The Kier molecular flexibility index (Phi) is 3.57. The zero-order valence-corrected chi connectivity index (χ0v) is 11.1. The summed E-state index contributed by atoms with van der Waals surface area (Å²) < 4.78 is 26.5. The third-order valence-corrected chi connectivity index (χ3v) is 3.87. The first-order valence-electron chi connectivity index (χ1n) is 5.42. The molecule has 1 aromatic heterocycles. The van der Waals surface area contributed by atoms with E-state index < -0.39 is 14.9 Å². The van der Waals surface area contributed by atoms with Gasteiger partial charge >= 0.3 is 0 Å². The van der Waals surface area contributed by atoms with Crippen LogP contribution in [0, 0.1) is 10.1 Å². The molecule has 9 nitrogen and oxygen atoms in total. The number of anilines is 2. The minimum Gasteiger partial charge on any atom is -0.383 e. The van der Waals surface area contributed by atoms with Crippen LogP contribution in [0.2, 0.25) is 0 Å². The number of rotatable bonds is 5. The Balaban J connectivity index is 2.40. The summed E-state index contributed by atoms with van der Waals surface area (Å²) in [6.07, 6.45) is 2.68. The summed E-state index contributed by atoms with van der Waals surface area (Å²) in [7, 11) is -2.36. The van der Waals surface area contributed by atoms with E-state index in [2.05, 4.69) is 20.2 Å². The molecule has 0 unspecified atom stereocenters. The molecule has 0 bridgehead atoms. The van der Waals surface area contributed by atoms with E-state index in [-0.39, 0.29) is 22.0 Å². The molecule has 0 aliphatic heterocycles. The van der Waals surface area contributed by atoms with Gasteiger partial charge in [0.15, 0.2) is 0 Å². The molecular weight excluding hydrogens is 286 g/mol. The first-order chi connectivity index (χ1) is 9.44. The second-order valence-electron chi connectivity index (χ2n) is 3.78. The van der Waals surface area contributed by atoms with Crippen LogP contribution in [-0.2, 0) is 10.0 Å². The molecule has 1 aromatic carbocycles. The molecule has 0 saturated carbocycles. The van der Waals surface area contributed by atoms with Crippen molar-refractivity contribution in [2.45, 2.75) is 4.90 Å². The van der Waals surface area contributed by atoms with Gasteiger partial charge in [0.1, 0.15) is 5.69 Å². The number of hydrogen-bond donors (Lipinski definition) is 3. The standard InChI is InChI=1S/C10H11N5O4S/c1-11-9-4-8(2-3-10(9)15(16)17)20(18,19)14-7-5-12-13-6-7/h2-6,11,14H,1H3,(H,12,13). The van der Waals surface area contributed by atoms with Gasteiger partial charge in [-0.15, -0.1) is 0 Å². The number of aromatic nitrogens is 2. The van der Waals surface area contributed by atoms with E-state index in [1.165, 1.54) is 31.6 Å². The second kappa shape index (κ2) is 5.17. The average Bonchev–Trinajstić information content (AvgIpc) is 2.89. The Morgan fingerprint density at radius 1 is 1.40 bits per heavy atom. The van der Waals surface area contributed by atoms with Gasteiger partial charge in [-0.3, -0.25) is 19.9 Å². The number of nitro benzene ring substituents is 1. The van der Waals surface area contributed by atoms with Crippen LogP contribution in [0.3, 0.4) is 0 Å². The summed E-state index contributed by atoms with van der Waals surface area (Å²) in [6.45, 7) is 0. The molecule has 0 saturated heterocycles. The number of benzene rings is 1. The average molecular weight is 297 g/mol. The molecule has 0 aliphatic rings. The van der Waals surface area contributed by atoms with Crippen LogP contribution >= 0.6 is 0 Å². The van der Waals surface area contributed by atoms with Crippen LogP contribution in [0.5, 0.6) is 0 Å². The van der Waals surface area contributed by atoms with Crippen LogP contribution in [0.15, 0.2) is 35.5 Å². The van der Waals surface area contributed by atoms with Crippen molar-refractivity contribution in [3.05, 3.63) is 40.7 Å². The normalized spacial score (nSPS) is 11.1. The van der Waals surface area contributed by atoms with E-state index in [1.54, 1.807) is 0 Å². The van der Waals surface area contributed by atoms with Gasteiger partial charge < -0.3 is 5.32 Å². The minimum absolute atomic E-state index is 0.0892. The van der Waals surface area contributed by atoms with E-state index >= 15 is 0 Å². The van der Waals surface area contributed by atoms with Crippen molar-refractivity contribution in [3.8, 4) is 0 Å². The van der Waals surface area contributed by atoms with Crippen LogP contribution in [0.1, 0.15) is 0 Å². The monoisotopic (exact) mass is 297 g/mol. The van der Waals surface area contributed by atoms with Crippen LogP contribution in [-0.4, -0.2) is 30.6 Å². The lowest BCUT2D eigenvalue weighted by atomic mass is 10.3. The molecule has 2 aromatic rings. The zero-order chi connectivity index (χ0) is 14.8. The van der Waals surface area contributed by atoms with Gasteiger partial charge in [0.2, 0.25) is 0 Å². The van der Waals surface area contributed by atoms with Crippen LogP contribution < -0.4 is 10.0 Å². The minimum atomic E-state index is -3.83. The summed E-state index contributed by atoms with van der Waals surface area (Å²) in [4.78, 5) is 10.1. The Morgan fingerprint density at radius 2 is 2.15 bits per heavy atom. The summed E-state index contributed by atoms with van der Waals surface area (Å²) in [5.74, 6) is 0. The van der Waals surface area contributed by atoms with E-state index in [1.807, 2.05) is 0 Å².